The molecule has 4 nitrogen and oxygen atoms in total. The molecule has 19 heavy (non-hydrogen) atoms. The summed E-state index contributed by atoms with van der Waals surface area (Å²) in [6, 6.07) is 4.16. The van der Waals surface area contributed by atoms with Crippen LogP contribution in [-0.4, -0.2) is 9.66 Å². The number of aromatic nitrogens is 2. The van der Waals surface area contributed by atoms with E-state index in [1.165, 1.54) is 16.8 Å². The molecule has 6 heteroatoms. The summed E-state index contributed by atoms with van der Waals surface area (Å²) < 4.78 is 14.7. The number of nitrogens with two attached hydrogens (primary N) is 2. The maximum Gasteiger partial charge on any atom is 0.150 e. The van der Waals surface area contributed by atoms with Crippen LogP contribution in [0, 0.1) is 5.82 Å². The van der Waals surface area contributed by atoms with Gasteiger partial charge in [0, 0.05) is 16.0 Å². The zero-order chi connectivity index (χ0) is 14.4. The highest BCUT2D eigenvalue weighted by Gasteiger charge is 2.24. The SMILES string of the molecule is CC(C)(C)c1nc(-c2cc(F)cc(Cl)c2)c(N)n1N. The lowest BCUT2D eigenvalue weighted by Crippen LogP contribution is -2.24. The normalized spacial score (nSPS) is 11.8. The van der Waals surface area contributed by atoms with Crippen molar-refractivity contribution in [3.63, 3.8) is 0 Å². The van der Waals surface area contributed by atoms with Crippen molar-refractivity contribution in [2.75, 3.05) is 11.6 Å². The molecule has 102 valence electrons. The smallest absolute Gasteiger partial charge is 0.150 e. The fourth-order valence-corrected chi connectivity index (χ4v) is 2.10. The van der Waals surface area contributed by atoms with E-state index in [4.69, 9.17) is 23.2 Å². The number of imidazole rings is 1. The number of halogens is 2. The van der Waals surface area contributed by atoms with Crippen LogP contribution in [0.2, 0.25) is 5.02 Å². The summed E-state index contributed by atoms with van der Waals surface area (Å²) in [5, 5.41) is 0.290. The second kappa shape index (κ2) is 4.42. The van der Waals surface area contributed by atoms with Crippen molar-refractivity contribution in [1.29, 1.82) is 0 Å². The molecule has 0 aliphatic carbocycles. The minimum atomic E-state index is -0.439. The monoisotopic (exact) mass is 282 g/mol. The number of hydrogen-bond donors (Lipinski definition) is 2. The molecule has 0 saturated heterocycles. The van der Waals surface area contributed by atoms with Crippen LogP contribution in [0.5, 0.6) is 0 Å². The molecule has 0 fully saturated rings. The quantitative estimate of drug-likeness (QED) is 0.790. The molecule has 0 amide bonds. The average Bonchev–Trinajstić information content (AvgIpc) is 2.54. The highest BCUT2D eigenvalue weighted by Crippen LogP contribution is 2.31. The van der Waals surface area contributed by atoms with Gasteiger partial charge in [0.25, 0.3) is 0 Å². The molecule has 0 spiro atoms. The molecule has 0 radical (unpaired) electrons. The van der Waals surface area contributed by atoms with Crippen LogP contribution in [0.25, 0.3) is 11.3 Å². The first kappa shape index (κ1) is 13.7. The molecule has 0 saturated carbocycles. The van der Waals surface area contributed by atoms with Crippen LogP contribution in [0.3, 0.4) is 0 Å². The number of hydrogen-bond acceptors (Lipinski definition) is 3. The zero-order valence-corrected chi connectivity index (χ0v) is 11.8. The Morgan fingerprint density at radius 3 is 2.37 bits per heavy atom. The fourth-order valence-electron chi connectivity index (χ4n) is 1.88. The molecule has 2 rings (SSSR count). The number of anilines is 1. The van der Waals surface area contributed by atoms with Crippen molar-refractivity contribution in [1.82, 2.24) is 9.66 Å². The first-order valence-electron chi connectivity index (χ1n) is 5.80. The third-order valence-corrected chi connectivity index (χ3v) is 2.97. The van der Waals surface area contributed by atoms with E-state index in [9.17, 15) is 4.39 Å². The van der Waals surface area contributed by atoms with Crippen molar-refractivity contribution in [2.45, 2.75) is 26.2 Å². The van der Waals surface area contributed by atoms with Gasteiger partial charge in [0.05, 0.1) is 0 Å². The van der Waals surface area contributed by atoms with Crippen molar-refractivity contribution < 1.29 is 4.39 Å². The van der Waals surface area contributed by atoms with Gasteiger partial charge in [-0.15, -0.1) is 0 Å². The summed E-state index contributed by atoms with van der Waals surface area (Å²) in [6.45, 7) is 5.92. The summed E-state index contributed by atoms with van der Waals surface area (Å²) in [4.78, 5) is 4.42. The second-order valence-electron chi connectivity index (χ2n) is 5.45. The van der Waals surface area contributed by atoms with Crippen LogP contribution in [0.1, 0.15) is 26.6 Å². The number of benzene rings is 1. The van der Waals surface area contributed by atoms with Crippen LogP contribution in [0.4, 0.5) is 10.2 Å². The van der Waals surface area contributed by atoms with E-state index in [0.29, 0.717) is 22.1 Å². The lowest BCUT2D eigenvalue weighted by atomic mass is 9.96. The number of rotatable bonds is 1. The van der Waals surface area contributed by atoms with Crippen LogP contribution in [0.15, 0.2) is 18.2 Å². The molecule has 1 heterocycles. The van der Waals surface area contributed by atoms with Crippen LogP contribution in [-0.2, 0) is 5.41 Å². The highest BCUT2D eigenvalue weighted by molar-refractivity contribution is 6.30. The van der Waals surface area contributed by atoms with Gasteiger partial charge in [-0.25, -0.2) is 14.1 Å². The zero-order valence-electron chi connectivity index (χ0n) is 11.0. The summed E-state index contributed by atoms with van der Waals surface area (Å²) in [6.07, 6.45) is 0. The van der Waals surface area contributed by atoms with Gasteiger partial charge >= 0.3 is 0 Å². The molecular formula is C13H16ClFN4. The maximum atomic E-state index is 13.4. The minimum Gasteiger partial charge on any atom is -0.382 e. The van der Waals surface area contributed by atoms with Gasteiger partial charge in [-0.2, -0.15) is 0 Å². The van der Waals surface area contributed by atoms with E-state index in [1.807, 2.05) is 20.8 Å². The van der Waals surface area contributed by atoms with E-state index in [-0.39, 0.29) is 11.2 Å². The molecule has 1 aromatic carbocycles. The molecule has 0 bridgehead atoms. The molecule has 0 aliphatic rings. The molecule has 1 aromatic heterocycles. The van der Waals surface area contributed by atoms with Gasteiger partial charge in [0.2, 0.25) is 0 Å². The topological polar surface area (TPSA) is 69.9 Å². The van der Waals surface area contributed by atoms with Gasteiger partial charge in [0.15, 0.2) is 5.82 Å². The van der Waals surface area contributed by atoms with E-state index in [1.54, 1.807) is 6.07 Å². The molecular weight excluding hydrogens is 267 g/mol. The lowest BCUT2D eigenvalue weighted by molar-refractivity contribution is 0.532. The van der Waals surface area contributed by atoms with Gasteiger partial charge in [-0.3, -0.25) is 0 Å². The summed E-state index contributed by atoms with van der Waals surface area (Å²) in [5.74, 6) is 6.38. The largest absolute Gasteiger partial charge is 0.382 e. The van der Waals surface area contributed by atoms with E-state index < -0.39 is 5.82 Å². The van der Waals surface area contributed by atoms with E-state index in [2.05, 4.69) is 4.98 Å². The average molecular weight is 283 g/mol. The predicted molar refractivity (Wildman–Crippen MR) is 75.9 cm³/mol. The van der Waals surface area contributed by atoms with Gasteiger partial charge in [0.1, 0.15) is 17.3 Å². The Morgan fingerprint density at radius 2 is 1.89 bits per heavy atom. The third-order valence-electron chi connectivity index (χ3n) is 2.75. The van der Waals surface area contributed by atoms with Gasteiger partial charge in [-0.05, 0) is 18.2 Å². The van der Waals surface area contributed by atoms with Gasteiger partial charge in [-0.1, -0.05) is 32.4 Å². The van der Waals surface area contributed by atoms with Crippen molar-refractivity contribution >= 4 is 17.4 Å². The fraction of sp³-hybridized carbons (Fsp3) is 0.308. The second-order valence-corrected chi connectivity index (χ2v) is 5.88. The summed E-state index contributed by atoms with van der Waals surface area (Å²) in [7, 11) is 0. The molecule has 0 aliphatic heterocycles. The third kappa shape index (κ3) is 2.51. The Kier molecular flexibility index (Phi) is 3.18. The number of nitrogens with zero attached hydrogens (tertiary/aromatic N) is 2. The van der Waals surface area contributed by atoms with Crippen molar-refractivity contribution in [2.24, 2.45) is 0 Å². The summed E-state index contributed by atoms with van der Waals surface area (Å²) >= 11 is 5.84. The maximum absolute atomic E-state index is 13.4. The van der Waals surface area contributed by atoms with Gasteiger partial charge < -0.3 is 11.6 Å². The highest BCUT2D eigenvalue weighted by atomic mass is 35.5. The summed E-state index contributed by atoms with van der Waals surface area (Å²) in [5.41, 5.74) is 6.63. The predicted octanol–water partition coefficient (Wildman–Crippen LogP) is 2.94. The first-order valence-corrected chi connectivity index (χ1v) is 6.18. The Labute approximate surface area is 116 Å². The van der Waals surface area contributed by atoms with Crippen LogP contribution >= 0.6 is 11.6 Å². The standard InChI is InChI=1S/C13H16ClFN4/c1-13(2,3)12-18-10(11(16)19(12)17)7-4-8(14)6-9(15)5-7/h4-6H,16-17H2,1-3H3. The van der Waals surface area contributed by atoms with Crippen LogP contribution < -0.4 is 11.6 Å². The Bertz CT molecular complexity index is 608. The Hall–Kier alpha value is -1.75. The van der Waals surface area contributed by atoms with E-state index >= 15 is 0 Å². The van der Waals surface area contributed by atoms with Crippen molar-refractivity contribution in [3.05, 3.63) is 34.9 Å². The molecule has 0 atom stereocenters. The molecule has 0 unspecified atom stereocenters. The minimum absolute atomic E-state index is 0.266. The number of nitrogen functional groups attached to an aromatic ring is 2. The Balaban J connectivity index is 2.64. The lowest BCUT2D eigenvalue weighted by Gasteiger charge is -2.17. The van der Waals surface area contributed by atoms with E-state index in [0.717, 1.165) is 0 Å². The first-order chi connectivity index (χ1) is 8.70. The Morgan fingerprint density at radius 1 is 1.26 bits per heavy atom. The van der Waals surface area contributed by atoms with Crippen molar-refractivity contribution in [3.8, 4) is 11.3 Å². The molecule has 2 aromatic rings. The molecule has 4 N–H and O–H groups in total.